The Kier molecular flexibility index (Phi) is 6.94. The van der Waals surface area contributed by atoms with E-state index in [1.165, 1.54) is 4.90 Å². The number of H-pyrrole nitrogens is 1. The first-order valence-corrected chi connectivity index (χ1v) is 12.0. The van der Waals surface area contributed by atoms with E-state index in [9.17, 15) is 9.59 Å². The molecule has 0 atom stereocenters. The van der Waals surface area contributed by atoms with E-state index < -0.39 is 6.03 Å². The van der Waals surface area contributed by atoms with Crippen molar-refractivity contribution >= 4 is 39.9 Å². The van der Waals surface area contributed by atoms with E-state index in [1.807, 2.05) is 24.3 Å². The Balaban J connectivity index is 1.76. The topological polar surface area (TPSA) is 78.1 Å². The number of benzene rings is 2. The highest BCUT2D eigenvalue weighted by molar-refractivity contribution is 6.33. The molecule has 0 aliphatic rings. The van der Waals surface area contributed by atoms with Crippen molar-refractivity contribution in [1.29, 1.82) is 0 Å². The van der Waals surface area contributed by atoms with Gasteiger partial charge in [-0.15, -0.1) is 0 Å². The van der Waals surface area contributed by atoms with Crippen molar-refractivity contribution in [3.8, 4) is 11.1 Å². The van der Waals surface area contributed by atoms with Crippen molar-refractivity contribution in [2.24, 2.45) is 0 Å². The molecule has 2 heterocycles. The van der Waals surface area contributed by atoms with Crippen molar-refractivity contribution in [2.45, 2.75) is 39.5 Å². The molecule has 0 saturated carbocycles. The molecule has 0 radical (unpaired) electrons. The fourth-order valence-electron chi connectivity index (χ4n) is 4.18. The smallest absolute Gasteiger partial charge is 0.319 e. The number of rotatable bonds is 5. The first kappa shape index (κ1) is 24.5. The van der Waals surface area contributed by atoms with Gasteiger partial charge < -0.3 is 10.3 Å². The van der Waals surface area contributed by atoms with Gasteiger partial charge in [-0.25, -0.2) is 4.79 Å². The van der Waals surface area contributed by atoms with Crippen molar-refractivity contribution < 1.29 is 4.79 Å². The molecule has 0 spiro atoms. The van der Waals surface area contributed by atoms with Crippen molar-refractivity contribution in [1.82, 2.24) is 9.97 Å². The van der Waals surface area contributed by atoms with E-state index in [0.717, 1.165) is 33.3 Å². The molecular weight excluding hydrogens is 460 g/mol. The number of aromatic nitrogens is 2. The minimum absolute atomic E-state index is 0.145. The molecule has 180 valence electrons. The van der Waals surface area contributed by atoms with Gasteiger partial charge in [-0.1, -0.05) is 57.5 Å². The molecule has 7 heteroatoms. The molecule has 0 saturated heterocycles. The number of nitrogens with zero attached hydrogens (tertiary/aromatic N) is 2. The summed E-state index contributed by atoms with van der Waals surface area (Å²) in [6, 6.07) is 15.0. The predicted octanol–water partition coefficient (Wildman–Crippen LogP) is 7.16. The average Bonchev–Trinajstić information content (AvgIpc) is 2.83. The highest BCUT2D eigenvalue weighted by Crippen LogP contribution is 2.39. The Labute approximate surface area is 210 Å². The highest BCUT2D eigenvalue weighted by Gasteiger charge is 2.22. The monoisotopic (exact) mass is 488 g/mol. The Morgan fingerprint density at radius 1 is 1.03 bits per heavy atom. The molecule has 0 aliphatic heterocycles. The maximum absolute atomic E-state index is 13.4. The van der Waals surface area contributed by atoms with Crippen LogP contribution in [-0.2, 0) is 0 Å². The second-order valence-electron chi connectivity index (χ2n) is 9.25. The lowest BCUT2D eigenvalue weighted by atomic mass is 9.88. The van der Waals surface area contributed by atoms with Crippen LogP contribution in [0.25, 0.3) is 22.0 Å². The zero-order chi connectivity index (χ0) is 25.3. The van der Waals surface area contributed by atoms with Crippen LogP contribution in [-0.4, -0.2) is 23.0 Å². The van der Waals surface area contributed by atoms with Gasteiger partial charge in [-0.05, 0) is 58.9 Å². The van der Waals surface area contributed by atoms with Gasteiger partial charge in [0, 0.05) is 34.9 Å². The summed E-state index contributed by atoms with van der Waals surface area (Å²) in [6.45, 7) is 8.38. The number of nitrogens with one attached hydrogen (secondary N) is 2. The zero-order valence-corrected chi connectivity index (χ0v) is 21.3. The second kappa shape index (κ2) is 9.92. The van der Waals surface area contributed by atoms with Crippen molar-refractivity contribution in [3.05, 3.63) is 87.4 Å². The number of pyridine rings is 2. The molecule has 0 bridgehead atoms. The van der Waals surface area contributed by atoms with E-state index in [1.54, 1.807) is 31.6 Å². The molecule has 0 unspecified atom stereocenters. The fourth-order valence-corrected chi connectivity index (χ4v) is 4.42. The van der Waals surface area contributed by atoms with E-state index in [-0.39, 0.29) is 23.1 Å². The van der Waals surface area contributed by atoms with Crippen LogP contribution >= 0.6 is 11.6 Å². The molecular formula is C28H29ClN4O2. The molecule has 2 aromatic heterocycles. The van der Waals surface area contributed by atoms with Crippen LogP contribution < -0.4 is 15.8 Å². The summed E-state index contributed by atoms with van der Waals surface area (Å²) in [5, 5.41) is 4.57. The van der Waals surface area contributed by atoms with Gasteiger partial charge in [0.1, 0.15) is 5.69 Å². The van der Waals surface area contributed by atoms with Crippen LogP contribution in [0.3, 0.4) is 0 Å². The number of hydrogen-bond acceptors (Lipinski definition) is 3. The summed E-state index contributed by atoms with van der Waals surface area (Å²) < 4.78 is 0. The van der Waals surface area contributed by atoms with Crippen molar-refractivity contribution in [2.75, 3.05) is 17.3 Å². The van der Waals surface area contributed by atoms with Crippen LogP contribution in [0.1, 0.15) is 50.7 Å². The summed E-state index contributed by atoms with van der Waals surface area (Å²) in [4.78, 5) is 34.3. The SMILES string of the molecule is CC(C)c1cc(-c2ccccc2Cl)cc(C(C)C)c1NC(=O)N(C)c1cc2ccncc2[nH]c1=O. The number of anilines is 2. The number of urea groups is 1. The maximum Gasteiger partial charge on any atom is 0.326 e. The lowest BCUT2D eigenvalue weighted by Crippen LogP contribution is -2.35. The number of aromatic amines is 1. The average molecular weight is 489 g/mol. The standard InChI is InChI=1S/C28H29ClN4O2/c1-16(2)21-12-19(20-8-6-7-9-23(20)29)13-22(17(3)4)26(21)32-28(35)33(5)25-14-18-10-11-30-15-24(18)31-27(25)34/h6-17H,1-5H3,(H,31,34)(H,32,35). The van der Waals surface area contributed by atoms with Crippen LogP contribution in [0, 0.1) is 0 Å². The molecule has 4 rings (SSSR count). The Morgan fingerprint density at radius 3 is 2.31 bits per heavy atom. The maximum atomic E-state index is 13.4. The predicted molar refractivity (Wildman–Crippen MR) is 145 cm³/mol. The molecule has 6 nitrogen and oxygen atoms in total. The van der Waals surface area contributed by atoms with E-state index >= 15 is 0 Å². The molecule has 2 aromatic carbocycles. The van der Waals surface area contributed by atoms with Crippen LogP contribution in [0.15, 0.2) is 65.7 Å². The number of halogens is 1. The number of amides is 2. The fraction of sp³-hybridized carbons (Fsp3) is 0.250. The summed E-state index contributed by atoms with van der Waals surface area (Å²) >= 11 is 6.50. The first-order chi connectivity index (χ1) is 16.7. The number of fused-ring (bicyclic) bond motifs is 1. The number of carbonyl (C=O) groups excluding carboxylic acids is 1. The molecule has 4 aromatic rings. The van der Waals surface area contributed by atoms with Gasteiger partial charge in [0.15, 0.2) is 0 Å². The lowest BCUT2D eigenvalue weighted by Gasteiger charge is -2.25. The minimum atomic E-state index is -0.391. The molecule has 2 N–H and O–H groups in total. The van der Waals surface area contributed by atoms with Crippen LogP contribution in [0.2, 0.25) is 5.02 Å². The van der Waals surface area contributed by atoms with Gasteiger partial charge in [0.2, 0.25) is 0 Å². The Bertz CT molecular complexity index is 1430. The van der Waals surface area contributed by atoms with Gasteiger partial charge >= 0.3 is 6.03 Å². The van der Waals surface area contributed by atoms with Crippen molar-refractivity contribution in [3.63, 3.8) is 0 Å². The van der Waals surface area contributed by atoms with E-state index in [2.05, 4.69) is 55.1 Å². The van der Waals surface area contributed by atoms with Gasteiger partial charge in [-0.2, -0.15) is 0 Å². The lowest BCUT2D eigenvalue weighted by molar-refractivity contribution is 0.258. The van der Waals surface area contributed by atoms with Gasteiger partial charge in [0.05, 0.1) is 11.7 Å². The third kappa shape index (κ3) is 4.93. The van der Waals surface area contributed by atoms with E-state index in [0.29, 0.717) is 10.5 Å². The van der Waals surface area contributed by atoms with Gasteiger partial charge in [0.25, 0.3) is 5.56 Å². The summed E-state index contributed by atoms with van der Waals surface area (Å²) in [7, 11) is 1.59. The van der Waals surface area contributed by atoms with E-state index in [4.69, 9.17) is 11.6 Å². The van der Waals surface area contributed by atoms with Gasteiger partial charge in [-0.3, -0.25) is 14.7 Å². The highest BCUT2D eigenvalue weighted by atomic mass is 35.5. The Hall–Kier alpha value is -3.64. The third-order valence-electron chi connectivity index (χ3n) is 6.15. The molecule has 0 aliphatic carbocycles. The summed E-state index contributed by atoms with van der Waals surface area (Å²) in [5.41, 5.74) is 5.26. The van der Waals surface area contributed by atoms with Crippen LogP contribution in [0.5, 0.6) is 0 Å². The largest absolute Gasteiger partial charge is 0.326 e. The molecule has 2 amide bonds. The zero-order valence-electron chi connectivity index (χ0n) is 20.5. The molecule has 0 fully saturated rings. The number of carbonyl (C=O) groups is 1. The summed E-state index contributed by atoms with van der Waals surface area (Å²) in [5.74, 6) is 0.291. The summed E-state index contributed by atoms with van der Waals surface area (Å²) in [6.07, 6.45) is 3.24. The third-order valence-corrected chi connectivity index (χ3v) is 6.48. The second-order valence-corrected chi connectivity index (χ2v) is 9.66. The normalized spacial score (nSPS) is 11.3. The molecule has 35 heavy (non-hydrogen) atoms. The minimum Gasteiger partial charge on any atom is -0.319 e. The Morgan fingerprint density at radius 2 is 1.69 bits per heavy atom. The first-order valence-electron chi connectivity index (χ1n) is 11.6. The number of hydrogen-bond donors (Lipinski definition) is 2. The quantitative estimate of drug-likeness (QED) is 0.313. The van der Waals surface area contributed by atoms with Crippen LogP contribution in [0.4, 0.5) is 16.2 Å².